The summed E-state index contributed by atoms with van der Waals surface area (Å²) in [4.78, 5) is 28.2. The molecule has 0 spiro atoms. The first kappa shape index (κ1) is 16.9. The number of amides is 2. The molecule has 24 heavy (non-hydrogen) atoms. The van der Waals surface area contributed by atoms with Crippen LogP contribution in [-0.4, -0.2) is 60.4 Å². The number of hydrogen-bond acceptors (Lipinski definition) is 3. The largest absolute Gasteiger partial charge is 0.352 e. The lowest BCUT2D eigenvalue weighted by molar-refractivity contribution is -0.123. The summed E-state index contributed by atoms with van der Waals surface area (Å²) in [6, 6.07) is 6.72. The van der Waals surface area contributed by atoms with Crippen molar-refractivity contribution < 1.29 is 14.0 Å². The third-order valence-electron chi connectivity index (χ3n) is 4.81. The summed E-state index contributed by atoms with van der Waals surface area (Å²) in [6.45, 7) is 1.51. The van der Waals surface area contributed by atoms with E-state index in [0.717, 1.165) is 0 Å². The Balaban J connectivity index is 1.46. The summed E-state index contributed by atoms with van der Waals surface area (Å²) in [5.74, 6) is -0.712. The molecule has 2 aliphatic rings. The Labute approximate surface area is 141 Å². The molecule has 5 nitrogen and oxygen atoms in total. The molecule has 1 saturated carbocycles. The van der Waals surface area contributed by atoms with E-state index in [2.05, 4.69) is 10.2 Å². The van der Waals surface area contributed by atoms with Crippen LogP contribution in [0.5, 0.6) is 0 Å². The van der Waals surface area contributed by atoms with Gasteiger partial charge in [-0.15, -0.1) is 0 Å². The fourth-order valence-corrected chi connectivity index (χ4v) is 3.18. The van der Waals surface area contributed by atoms with Crippen molar-refractivity contribution in [2.45, 2.75) is 37.8 Å². The van der Waals surface area contributed by atoms with E-state index < -0.39 is 5.82 Å². The highest BCUT2D eigenvalue weighted by Crippen LogP contribution is 2.24. The summed E-state index contributed by atoms with van der Waals surface area (Å²) < 4.78 is 13.7. The summed E-state index contributed by atoms with van der Waals surface area (Å²) in [5.41, 5.74) is 0.117. The van der Waals surface area contributed by atoms with Gasteiger partial charge in [-0.25, -0.2) is 4.39 Å². The maximum Gasteiger partial charge on any atom is 0.256 e. The Bertz CT molecular complexity index is 610. The first-order valence-corrected chi connectivity index (χ1v) is 8.58. The van der Waals surface area contributed by atoms with Crippen molar-refractivity contribution in [3.63, 3.8) is 0 Å². The highest BCUT2D eigenvalue weighted by molar-refractivity contribution is 5.94. The van der Waals surface area contributed by atoms with Gasteiger partial charge in [0, 0.05) is 25.2 Å². The lowest BCUT2D eigenvalue weighted by atomic mass is 10.0. The van der Waals surface area contributed by atoms with Crippen molar-refractivity contribution in [2.24, 2.45) is 0 Å². The Kier molecular flexibility index (Phi) is 5.14. The summed E-state index contributed by atoms with van der Waals surface area (Å²) in [6.07, 6.45) is 3.78. The van der Waals surface area contributed by atoms with Crippen LogP contribution in [0.2, 0.25) is 0 Å². The number of carbonyl (C=O) groups excluding carboxylic acids is 2. The number of carbonyl (C=O) groups is 2. The van der Waals surface area contributed by atoms with Gasteiger partial charge in [0.1, 0.15) is 5.82 Å². The third kappa shape index (κ3) is 4.12. The molecule has 0 bridgehead atoms. The van der Waals surface area contributed by atoms with Crippen LogP contribution < -0.4 is 5.32 Å². The SMILES string of the molecule is CN(CC(=O)NC1CCN(C(=O)c2ccccc2F)CC1)C1CC1. The lowest BCUT2D eigenvalue weighted by Gasteiger charge is -2.32. The van der Waals surface area contributed by atoms with E-state index in [1.54, 1.807) is 17.0 Å². The zero-order valence-electron chi connectivity index (χ0n) is 14.0. The van der Waals surface area contributed by atoms with E-state index in [1.807, 2.05) is 7.05 Å². The number of halogens is 1. The number of hydrogen-bond donors (Lipinski definition) is 1. The molecule has 3 rings (SSSR count). The second-order valence-electron chi connectivity index (χ2n) is 6.76. The summed E-state index contributed by atoms with van der Waals surface area (Å²) in [7, 11) is 1.98. The van der Waals surface area contributed by atoms with Crippen LogP contribution in [0.1, 0.15) is 36.0 Å². The fraction of sp³-hybridized carbons (Fsp3) is 0.556. The Morgan fingerprint density at radius 3 is 2.50 bits per heavy atom. The van der Waals surface area contributed by atoms with Gasteiger partial charge in [-0.3, -0.25) is 14.5 Å². The zero-order valence-corrected chi connectivity index (χ0v) is 14.0. The standard InChI is InChI=1S/C18H24FN3O2/c1-21(14-6-7-14)12-17(23)20-13-8-10-22(11-9-13)18(24)15-4-2-3-5-16(15)19/h2-5,13-14H,6-12H2,1H3,(H,20,23). The van der Waals surface area contributed by atoms with Gasteiger partial charge >= 0.3 is 0 Å². The van der Waals surface area contributed by atoms with E-state index in [9.17, 15) is 14.0 Å². The van der Waals surface area contributed by atoms with Gasteiger partial charge in [0.2, 0.25) is 5.91 Å². The molecule has 1 aliphatic heterocycles. The minimum Gasteiger partial charge on any atom is -0.352 e. The van der Waals surface area contributed by atoms with E-state index in [0.29, 0.717) is 38.5 Å². The van der Waals surface area contributed by atoms with Crippen molar-refractivity contribution in [2.75, 3.05) is 26.7 Å². The van der Waals surface area contributed by atoms with Crippen LogP contribution in [0.3, 0.4) is 0 Å². The van der Waals surface area contributed by atoms with Gasteiger partial charge in [-0.1, -0.05) is 12.1 Å². The van der Waals surface area contributed by atoms with E-state index in [4.69, 9.17) is 0 Å². The van der Waals surface area contributed by atoms with Gasteiger partial charge in [0.15, 0.2) is 0 Å². The first-order chi connectivity index (χ1) is 11.5. The molecule has 130 valence electrons. The molecular weight excluding hydrogens is 309 g/mol. The average Bonchev–Trinajstić information content (AvgIpc) is 3.40. The van der Waals surface area contributed by atoms with Crippen LogP contribution in [0.25, 0.3) is 0 Å². The molecule has 1 N–H and O–H groups in total. The maximum atomic E-state index is 13.7. The molecule has 1 saturated heterocycles. The number of nitrogens with zero attached hydrogens (tertiary/aromatic N) is 2. The number of rotatable bonds is 5. The summed E-state index contributed by atoms with van der Waals surface area (Å²) >= 11 is 0. The minimum atomic E-state index is -0.485. The van der Waals surface area contributed by atoms with Crippen molar-refractivity contribution in [1.82, 2.24) is 15.1 Å². The highest BCUT2D eigenvalue weighted by Gasteiger charge is 2.29. The summed E-state index contributed by atoms with van der Waals surface area (Å²) in [5, 5.41) is 3.05. The van der Waals surface area contributed by atoms with Crippen molar-refractivity contribution in [3.8, 4) is 0 Å². The molecule has 6 heteroatoms. The number of likely N-dealkylation sites (tertiary alicyclic amines) is 1. The quantitative estimate of drug-likeness (QED) is 0.891. The monoisotopic (exact) mass is 333 g/mol. The molecule has 1 aromatic carbocycles. The van der Waals surface area contributed by atoms with Gasteiger partial charge in [0.05, 0.1) is 12.1 Å². The molecule has 0 atom stereocenters. The molecule has 1 heterocycles. The molecule has 2 amide bonds. The Morgan fingerprint density at radius 1 is 1.21 bits per heavy atom. The number of benzene rings is 1. The first-order valence-electron chi connectivity index (χ1n) is 8.58. The number of likely N-dealkylation sites (N-methyl/N-ethyl adjacent to an activating group) is 1. The van der Waals surface area contributed by atoms with Gasteiger partial charge in [-0.2, -0.15) is 0 Å². The predicted octanol–water partition coefficient (Wildman–Crippen LogP) is 1.64. The average molecular weight is 333 g/mol. The van der Waals surface area contributed by atoms with Gasteiger partial charge in [-0.05, 0) is 44.9 Å². The second kappa shape index (κ2) is 7.30. The van der Waals surface area contributed by atoms with Crippen LogP contribution >= 0.6 is 0 Å². The number of piperidine rings is 1. The molecule has 2 fully saturated rings. The van der Waals surface area contributed by atoms with Gasteiger partial charge in [0.25, 0.3) is 5.91 Å². The Morgan fingerprint density at radius 2 is 1.88 bits per heavy atom. The van der Waals surface area contributed by atoms with Crippen molar-refractivity contribution >= 4 is 11.8 Å². The molecular formula is C18H24FN3O2. The second-order valence-corrected chi connectivity index (χ2v) is 6.76. The zero-order chi connectivity index (χ0) is 17.1. The molecule has 1 aromatic rings. The minimum absolute atomic E-state index is 0.0447. The van der Waals surface area contributed by atoms with Crippen LogP contribution in [0, 0.1) is 5.82 Å². The van der Waals surface area contributed by atoms with Gasteiger partial charge < -0.3 is 10.2 Å². The maximum absolute atomic E-state index is 13.7. The van der Waals surface area contributed by atoms with E-state index >= 15 is 0 Å². The smallest absolute Gasteiger partial charge is 0.256 e. The topological polar surface area (TPSA) is 52.7 Å². The van der Waals surface area contributed by atoms with E-state index in [-0.39, 0.29) is 23.4 Å². The highest BCUT2D eigenvalue weighted by atomic mass is 19.1. The van der Waals surface area contributed by atoms with Crippen molar-refractivity contribution in [3.05, 3.63) is 35.6 Å². The molecule has 0 radical (unpaired) electrons. The molecule has 0 unspecified atom stereocenters. The van der Waals surface area contributed by atoms with Crippen LogP contribution in [0.15, 0.2) is 24.3 Å². The third-order valence-corrected chi connectivity index (χ3v) is 4.81. The van der Waals surface area contributed by atoms with E-state index in [1.165, 1.54) is 25.0 Å². The van der Waals surface area contributed by atoms with Crippen molar-refractivity contribution in [1.29, 1.82) is 0 Å². The van der Waals surface area contributed by atoms with Crippen LogP contribution in [-0.2, 0) is 4.79 Å². The fourth-order valence-electron chi connectivity index (χ4n) is 3.18. The predicted molar refractivity (Wildman–Crippen MR) is 89.1 cm³/mol. The molecule has 1 aliphatic carbocycles. The lowest BCUT2D eigenvalue weighted by Crippen LogP contribution is -2.48. The normalized spacial score (nSPS) is 18.7. The number of nitrogens with one attached hydrogen (secondary N) is 1. The molecule has 0 aromatic heterocycles. The van der Waals surface area contributed by atoms with Crippen LogP contribution in [0.4, 0.5) is 4.39 Å². The Hall–Kier alpha value is -1.95.